The zero-order chi connectivity index (χ0) is 18.1. The van der Waals surface area contributed by atoms with Gasteiger partial charge in [-0.15, -0.1) is 0 Å². The van der Waals surface area contributed by atoms with Crippen LogP contribution in [0.1, 0.15) is 12.0 Å². The van der Waals surface area contributed by atoms with Crippen molar-refractivity contribution in [2.45, 2.75) is 19.1 Å². The summed E-state index contributed by atoms with van der Waals surface area (Å²) in [4.78, 5) is 25.6. The quantitative estimate of drug-likeness (QED) is 0.783. The first-order valence-corrected chi connectivity index (χ1v) is 8.39. The van der Waals surface area contributed by atoms with E-state index in [1.807, 2.05) is 60.7 Å². The molecule has 3 aromatic rings. The zero-order valence-electron chi connectivity index (χ0n) is 14.0. The summed E-state index contributed by atoms with van der Waals surface area (Å²) in [6.45, 7) is 0.358. The molecule has 1 amide bonds. The Hall–Kier alpha value is -3.34. The van der Waals surface area contributed by atoms with Crippen molar-refractivity contribution in [3.8, 4) is 5.75 Å². The van der Waals surface area contributed by atoms with Crippen molar-refractivity contribution in [3.63, 3.8) is 0 Å². The monoisotopic (exact) mass is 347 g/mol. The van der Waals surface area contributed by atoms with E-state index in [-0.39, 0.29) is 12.3 Å². The number of benzene rings is 3. The van der Waals surface area contributed by atoms with Gasteiger partial charge in [0, 0.05) is 0 Å². The second-order valence-electron chi connectivity index (χ2n) is 6.23. The largest absolute Gasteiger partial charge is 0.481 e. The number of carboxylic acid groups (broad SMARTS) is 1. The fourth-order valence-electron chi connectivity index (χ4n) is 3.33. The van der Waals surface area contributed by atoms with Gasteiger partial charge in [0.2, 0.25) is 0 Å². The fourth-order valence-corrected chi connectivity index (χ4v) is 3.33. The first-order chi connectivity index (χ1) is 12.6. The molecule has 1 heterocycles. The minimum atomic E-state index is -1.06. The van der Waals surface area contributed by atoms with Crippen molar-refractivity contribution >= 4 is 28.3 Å². The summed E-state index contributed by atoms with van der Waals surface area (Å²) in [7, 11) is 0. The SMILES string of the molecule is O=C(O)CC1Oc2ccccc2N(Cc2cccc3ccccc23)C1=O. The van der Waals surface area contributed by atoms with Gasteiger partial charge in [-0.1, -0.05) is 54.6 Å². The van der Waals surface area contributed by atoms with Gasteiger partial charge in [-0.3, -0.25) is 9.59 Å². The molecule has 1 aliphatic heterocycles. The summed E-state index contributed by atoms with van der Waals surface area (Å²) < 4.78 is 5.64. The number of rotatable bonds is 4. The van der Waals surface area contributed by atoms with E-state index in [2.05, 4.69) is 0 Å². The number of amides is 1. The third-order valence-corrected chi connectivity index (χ3v) is 4.54. The molecule has 0 bridgehead atoms. The molecule has 0 spiro atoms. The van der Waals surface area contributed by atoms with Crippen LogP contribution in [0.2, 0.25) is 0 Å². The molecule has 26 heavy (non-hydrogen) atoms. The highest BCUT2D eigenvalue weighted by atomic mass is 16.5. The number of ether oxygens (including phenoxy) is 1. The Kier molecular flexibility index (Phi) is 4.05. The van der Waals surface area contributed by atoms with Crippen molar-refractivity contribution in [1.29, 1.82) is 0 Å². The molecule has 4 rings (SSSR count). The third-order valence-electron chi connectivity index (χ3n) is 4.54. The number of carboxylic acids is 1. The predicted molar refractivity (Wildman–Crippen MR) is 98.2 cm³/mol. The number of para-hydroxylation sites is 2. The molecule has 0 radical (unpaired) electrons. The molecule has 5 nitrogen and oxygen atoms in total. The Morgan fingerprint density at radius 3 is 2.58 bits per heavy atom. The lowest BCUT2D eigenvalue weighted by Gasteiger charge is -2.34. The number of hydrogen-bond acceptors (Lipinski definition) is 3. The minimum Gasteiger partial charge on any atom is -0.481 e. The predicted octanol–water partition coefficient (Wildman–Crippen LogP) is 3.61. The van der Waals surface area contributed by atoms with E-state index in [9.17, 15) is 9.59 Å². The van der Waals surface area contributed by atoms with Crippen LogP contribution in [-0.4, -0.2) is 23.1 Å². The summed E-state index contributed by atoms with van der Waals surface area (Å²) in [5.41, 5.74) is 1.66. The van der Waals surface area contributed by atoms with E-state index in [0.717, 1.165) is 16.3 Å². The van der Waals surface area contributed by atoms with Gasteiger partial charge in [0.15, 0.2) is 6.10 Å². The van der Waals surface area contributed by atoms with E-state index in [1.165, 1.54) is 0 Å². The van der Waals surface area contributed by atoms with Crippen LogP contribution >= 0.6 is 0 Å². The van der Waals surface area contributed by atoms with Gasteiger partial charge >= 0.3 is 5.97 Å². The Morgan fingerprint density at radius 1 is 1.00 bits per heavy atom. The van der Waals surface area contributed by atoms with Gasteiger partial charge in [-0.25, -0.2) is 0 Å². The Labute approximate surface area is 150 Å². The van der Waals surface area contributed by atoms with Crippen LogP contribution in [0, 0.1) is 0 Å². The zero-order valence-corrected chi connectivity index (χ0v) is 14.0. The molecule has 1 atom stereocenters. The van der Waals surface area contributed by atoms with E-state index >= 15 is 0 Å². The summed E-state index contributed by atoms with van der Waals surface area (Å²) in [6, 6.07) is 21.2. The number of fused-ring (bicyclic) bond motifs is 2. The van der Waals surface area contributed by atoms with Crippen molar-refractivity contribution in [1.82, 2.24) is 0 Å². The van der Waals surface area contributed by atoms with Gasteiger partial charge in [0.25, 0.3) is 5.91 Å². The summed E-state index contributed by atoms with van der Waals surface area (Å²) in [6.07, 6.45) is -1.38. The maximum atomic E-state index is 12.9. The second-order valence-corrected chi connectivity index (χ2v) is 6.23. The van der Waals surface area contributed by atoms with Crippen molar-refractivity contribution in [2.24, 2.45) is 0 Å². The summed E-state index contributed by atoms with van der Waals surface area (Å²) >= 11 is 0. The number of hydrogen-bond donors (Lipinski definition) is 1. The third kappa shape index (κ3) is 2.88. The summed E-state index contributed by atoms with van der Waals surface area (Å²) in [5.74, 6) is -0.870. The first kappa shape index (κ1) is 16.1. The summed E-state index contributed by atoms with van der Waals surface area (Å²) in [5, 5.41) is 11.3. The van der Waals surface area contributed by atoms with Crippen LogP contribution in [0.3, 0.4) is 0 Å². The molecule has 5 heteroatoms. The Balaban J connectivity index is 1.76. The van der Waals surface area contributed by atoms with Crippen LogP contribution in [0.4, 0.5) is 5.69 Å². The van der Waals surface area contributed by atoms with Crippen LogP contribution < -0.4 is 9.64 Å². The number of carbonyl (C=O) groups is 2. The Bertz CT molecular complexity index is 993. The molecule has 0 saturated heterocycles. The van der Waals surface area contributed by atoms with Gasteiger partial charge in [0.05, 0.1) is 18.7 Å². The standard InChI is InChI=1S/C21H17NO4/c23-20(24)12-19-21(25)22(17-10-3-4-11-18(17)26-19)13-15-8-5-7-14-6-1-2-9-16(14)15/h1-11,19H,12-13H2,(H,23,24). The molecule has 0 aromatic heterocycles. The van der Waals surface area contributed by atoms with Gasteiger partial charge in [-0.05, 0) is 28.5 Å². The molecule has 1 unspecified atom stereocenters. The Morgan fingerprint density at radius 2 is 1.73 bits per heavy atom. The van der Waals surface area contributed by atoms with Gasteiger partial charge < -0.3 is 14.7 Å². The lowest BCUT2D eigenvalue weighted by molar-refractivity contribution is -0.142. The van der Waals surface area contributed by atoms with Crippen LogP contribution in [0.25, 0.3) is 10.8 Å². The number of nitrogens with zero attached hydrogens (tertiary/aromatic N) is 1. The maximum absolute atomic E-state index is 12.9. The average Bonchev–Trinajstić information content (AvgIpc) is 2.65. The topological polar surface area (TPSA) is 66.8 Å². The molecule has 1 N–H and O–H groups in total. The molecule has 130 valence electrons. The van der Waals surface area contributed by atoms with E-state index < -0.39 is 12.1 Å². The molecule has 0 fully saturated rings. The fraction of sp³-hybridized carbons (Fsp3) is 0.143. The van der Waals surface area contributed by atoms with Crippen LogP contribution in [0.5, 0.6) is 5.75 Å². The highest BCUT2D eigenvalue weighted by Crippen LogP contribution is 2.36. The maximum Gasteiger partial charge on any atom is 0.307 e. The highest BCUT2D eigenvalue weighted by molar-refractivity contribution is 6.02. The van der Waals surface area contributed by atoms with Crippen LogP contribution in [0.15, 0.2) is 66.7 Å². The van der Waals surface area contributed by atoms with E-state index in [1.54, 1.807) is 11.0 Å². The number of carbonyl (C=O) groups excluding carboxylic acids is 1. The molecule has 1 aliphatic rings. The molecule has 0 aliphatic carbocycles. The molecular weight excluding hydrogens is 330 g/mol. The second kappa shape index (κ2) is 6.52. The van der Waals surface area contributed by atoms with Gasteiger partial charge in [-0.2, -0.15) is 0 Å². The van der Waals surface area contributed by atoms with E-state index in [4.69, 9.17) is 9.84 Å². The smallest absolute Gasteiger partial charge is 0.307 e. The minimum absolute atomic E-state index is 0.334. The van der Waals surface area contributed by atoms with Gasteiger partial charge in [0.1, 0.15) is 5.75 Å². The molecule has 0 saturated carbocycles. The average molecular weight is 347 g/mol. The molecule has 3 aromatic carbocycles. The van der Waals surface area contributed by atoms with Crippen LogP contribution in [-0.2, 0) is 16.1 Å². The number of anilines is 1. The molecular formula is C21H17NO4. The lowest BCUT2D eigenvalue weighted by atomic mass is 10.0. The van der Waals surface area contributed by atoms with Crippen molar-refractivity contribution in [3.05, 3.63) is 72.3 Å². The van der Waals surface area contributed by atoms with E-state index in [0.29, 0.717) is 18.0 Å². The first-order valence-electron chi connectivity index (χ1n) is 8.39. The normalized spacial score (nSPS) is 16.2. The van der Waals surface area contributed by atoms with Crippen molar-refractivity contribution < 1.29 is 19.4 Å². The number of aliphatic carboxylic acids is 1. The highest BCUT2D eigenvalue weighted by Gasteiger charge is 2.35. The lowest BCUT2D eigenvalue weighted by Crippen LogP contribution is -2.46. The van der Waals surface area contributed by atoms with Crippen molar-refractivity contribution in [2.75, 3.05) is 4.90 Å².